The van der Waals surface area contributed by atoms with Crippen molar-refractivity contribution in [1.29, 1.82) is 0 Å². The Morgan fingerprint density at radius 1 is 1.45 bits per heavy atom. The van der Waals surface area contributed by atoms with Gasteiger partial charge in [-0.3, -0.25) is 9.58 Å². The Kier molecular flexibility index (Phi) is 3.63. The average Bonchev–Trinajstić information content (AvgIpc) is 3.15. The predicted molar refractivity (Wildman–Crippen MR) is 81.4 cm³/mol. The molecule has 2 unspecified atom stereocenters. The highest BCUT2D eigenvalue weighted by Gasteiger charge is 2.46. The van der Waals surface area contributed by atoms with Crippen LogP contribution >= 0.6 is 0 Å². The molecule has 1 aromatic rings. The van der Waals surface area contributed by atoms with Crippen LogP contribution in [0.15, 0.2) is 12.4 Å². The van der Waals surface area contributed by atoms with Gasteiger partial charge in [0.15, 0.2) is 0 Å². The Hall–Kier alpha value is -0.870. The molecule has 2 atom stereocenters. The van der Waals surface area contributed by atoms with Crippen molar-refractivity contribution in [3.63, 3.8) is 0 Å². The first kappa shape index (κ1) is 14.1. The summed E-state index contributed by atoms with van der Waals surface area (Å²) < 4.78 is 1.90. The van der Waals surface area contributed by atoms with Gasteiger partial charge in [0.05, 0.1) is 6.20 Å². The van der Waals surface area contributed by atoms with E-state index in [1.807, 2.05) is 17.9 Å². The van der Waals surface area contributed by atoms with Crippen LogP contribution in [0.4, 0.5) is 0 Å². The first-order valence-electron chi connectivity index (χ1n) is 7.94. The van der Waals surface area contributed by atoms with E-state index in [2.05, 4.69) is 42.3 Å². The molecule has 0 bridgehead atoms. The molecule has 4 heteroatoms. The quantitative estimate of drug-likeness (QED) is 0.913. The molecule has 2 heterocycles. The first-order valence-corrected chi connectivity index (χ1v) is 7.94. The lowest BCUT2D eigenvalue weighted by Gasteiger charge is -2.48. The van der Waals surface area contributed by atoms with E-state index < -0.39 is 0 Å². The Morgan fingerprint density at radius 2 is 2.20 bits per heavy atom. The zero-order chi connectivity index (χ0) is 14.3. The van der Waals surface area contributed by atoms with Gasteiger partial charge >= 0.3 is 0 Å². The molecule has 0 amide bonds. The number of nitrogens with zero attached hydrogens (tertiary/aromatic N) is 3. The summed E-state index contributed by atoms with van der Waals surface area (Å²) in [5.74, 6) is 1.56. The smallest absolute Gasteiger partial charge is 0.0534 e. The molecule has 1 aliphatic heterocycles. The molecule has 4 nitrogen and oxygen atoms in total. The molecule has 112 valence electrons. The minimum Gasteiger partial charge on any atom is -0.308 e. The fourth-order valence-corrected chi connectivity index (χ4v) is 3.67. The Balaban J connectivity index is 1.74. The van der Waals surface area contributed by atoms with Gasteiger partial charge in [-0.25, -0.2) is 0 Å². The van der Waals surface area contributed by atoms with Crippen LogP contribution < -0.4 is 5.32 Å². The van der Waals surface area contributed by atoms with Gasteiger partial charge in [0.25, 0.3) is 0 Å². The van der Waals surface area contributed by atoms with Crippen LogP contribution in [0, 0.1) is 11.8 Å². The minimum absolute atomic E-state index is 0.313. The lowest BCUT2D eigenvalue weighted by Crippen LogP contribution is -2.64. The molecule has 20 heavy (non-hydrogen) atoms. The van der Waals surface area contributed by atoms with Crippen LogP contribution in [0.3, 0.4) is 0 Å². The Labute approximate surface area is 122 Å². The summed E-state index contributed by atoms with van der Waals surface area (Å²) >= 11 is 0. The average molecular weight is 276 g/mol. The van der Waals surface area contributed by atoms with Crippen LogP contribution in [0.5, 0.6) is 0 Å². The maximum atomic E-state index is 4.31. The molecule has 1 aromatic heterocycles. The summed E-state index contributed by atoms with van der Waals surface area (Å²) in [6.45, 7) is 10.4. The third-order valence-corrected chi connectivity index (χ3v) is 5.11. The number of nitrogens with one attached hydrogen (secondary N) is 1. The molecule has 3 rings (SSSR count). The summed E-state index contributed by atoms with van der Waals surface area (Å²) in [5, 5.41) is 8.16. The molecule has 2 aliphatic rings. The van der Waals surface area contributed by atoms with Crippen molar-refractivity contribution in [3.8, 4) is 0 Å². The third kappa shape index (κ3) is 2.77. The third-order valence-electron chi connectivity index (χ3n) is 5.11. The molecule has 0 spiro atoms. The number of hydrogen-bond acceptors (Lipinski definition) is 3. The van der Waals surface area contributed by atoms with Gasteiger partial charge in [0, 0.05) is 50.0 Å². The lowest BCUT2D eigenvalue weighted by atomic mass is 9.88. The summed E-state index contributed by atoms with van der Waals surface area (Å²) in [5.41, 5.74) is 1.64. The van der Waals surface area contributed by atoms with Gasteiger partial charge in [0.1, 0.15) is 0 Å². The normalized spacial score (nSPS) is 31.9. The van der Waals surface area contributed by atoms with E-state index in [4.69, 9.17) is 0 Å². The van der Waals surface area contributed by atoms with Crippen LogP contribution in [-0.2, 0) is 13.6 Å². The van der Waals surface area contributed by atoms with Crippen LogP contribution in [-0.4, -0.2) is 39.4 Å². The highest BCUT2D eigenvalue weighted by atomic mass is 15.3. The fraction of sp³-hybridized carbons (Fsp3) is 0.812. The van der Waals surface area contributed by atoms with Crippen molar-refractivity contribution in [1.82, 2.24) is 20.0 Å². The van der Waals surface area contributed by atoms with Crippen molar-refractivity contribution in [2.45, 2.75) is 51.7 Å². The van der Waals surface area contributed by atoms with Crippen LogP contribution in [0.2, 0.25) is 0 Å². The standard InChI is InChI=1S/C16H28N4/c1-12(2)15-8-17-16(3,14-5-6-14)11-20(15)10-13-7-18-19(4)9-13/h7,9,12,14-15,17H,5-6,8,10-11H2,1-4H3. The molecule has 2 fully saturated rings. The first-order chi connectivity index (χ1) is 9.48. The molecule has 1 saturated carbocycles. The number of hydrogen-bond donors (Lipinski definition) is 1. The SMILES string of the molecule is CC(C)C1CNC(C)(C2CC2)CN1Cc1cnn(C)c1. The lowest BCUT2D eigenvalue weighted by molar-refractivity contribution is 0.0462. The van der Waals surface area contributed by atoms with Gasteiger partial charge in [-0.05, 0) is 31.6 Å². The van der Waals surface area contributed by atoms with Crippen molar-refractivity contribution in [2.24, 2.45) is 18.9 Å². The van der Waals surface area contributed by atoms with Crippen LogP contribution in [0.25, 0.3) is 0 Å². The second-order valence-corrected chi connectivity index (χ2v) is 7.31. The predicted octanol–water partition coefficient (Wildman–Crippen LogP) is 2.02. The Bertz CT molecular complexity index is 463. The second-order valence-electron chi connectivity index (χ2n) is 7.31. The molecule has 1 aliphatic carbocycles. The molecular formula is C16H28N4. The number of piperazine rings is 1. The van der Waals surface area contributed by atoms with Crippen molar-refractivity contribution in [2.75, 3.05) is 13.1 Å². The van der Waals surface area contributed by atoms with Crippen molar-refractivity contribution < 1.29 is 0 Å². The summed E-state index contributed by atoms with van der Waals surface area (Å²) in [7, 11) is 2.00. The molecule has 1 saturated heterocycles. The summed E-state index contributed by atoms with van der Waals surface area (Å²) in [4.78, 5) is 2.68. The van der Waals surface area contributed by atoms with E-state index >= 15 is 0 Å². The molecule has 0 radical (unpaired) electrons. The number of aromatic nitrogens is 2. The van der Waals surface area contributed by atoms with E-state index in [0.29, 0.717) is 17.5 Å². The van der Waals surface area contributed by atoms with E-state index in [-0.39, 0.29) is 0 Å². The van der Waals surface area contributed by atoms with Gasteiger partial charge in [-0.2, -0.15) is 5.10 Å². The van der Waals surface area contributed by atoms with E-state index in [0.717, 1.165) is 25.6 Å². The maximum absolute atomic E-state index is 4.31. The monoisotopic (exact) mass is 276 g/mol. The van der Waals surface area contributed by atoms with Crippen LogP contribution in [0.1, 0.15) is 39.2 Å². The van der Waals surface area contributed by atoms with E-state index in [9.17, 15) is 0 Å². The topological polar surface area (TPSA) is 33.1 Å². The van der Waals surface area contributed by atoms with E-state index in [1.54, 1.807) is 0 Å². The van der Waals surface area contributed by atoms with Gasteiger partial charge in [-0.1, -0.05) is 13.8 Å². The number of rotatable bonds is 4. The van der Waals surface area contributed by atoms with Gasteiger partial charge < -0.3 is 5.32 Å². The summed E-state index contributed by atoms with van der Waals surface area (Å²) in [6, 6.07) is 0.627. The number of aryl methyl sites for hydroxylation is 1. The molecule has 1 N–H and O–H groups in total. The maximum Gasteiger partial charge on any atom is 0.0534 e. The Morgan fingerprint density at radius 3 is 2.75 bits per heavy atom. The zero-order valence-electron chi connectivity index (χ0n) is 13.3. The molecular weight excluding hydrogens is 248 g/mol. The van der Waals surface area contributed by atoms with Crippen molar-refractivity contribution >= 4 is 0 Å². The minimum atomic E-state index is 0.313. The van der Waals surface area contributed by atoms with Gasteiger partial charge in [-0.15, -0.1) is 0 Å². The largest absolute Gasteiger partial charge is 0.308 e. The highest BCUT2D eigenvalue weighted by Crippen LogP contribution is 2.42. The fourth-order valence-electron chi connectivity index (χ4n) is 3.67. The summed E-state index contributed by atoms with van der Waals surface area (Å²) in [6.07, 6.45) is 6.95. The van der Waals surface area contributed by atoms with Crippen molar-refractivity contribution in [3.05, 3.63) is 18.0 Å². The molecule has 0 aromatic carbocycles. The zero-order valence-corrected chi connectivity index (χ0v) is 13.3. The van der Waals surface area contributed by atoms with E-state index in [1.165, 1.54) is 18.4 Å². The van der Waals surface area contributed by atoms with Gasteiger partial charge in [0.2, 0.25) is 0 Å². The second kappa shape index (κ2) is 5.15. The highest BCUT2D eigenvalue weighted by molar-refractivity contribution is 5.08.